The molecule has 1 aromatic heterocycles. The van der Waals surface area contributed by atoms with Crippen LogP contribution in [0.2, 0.25) is 0 Å². The van der Waals surface area contributed by atoms with Crippen LogP contribution < -0.4 is 14.8 Å². The summed E-state index contributed by atoms with van der Waals surface area (Å²) < 4.78 is 13.5. The normalized spacial score (nSPS) is 10.9. The second-order valence-electron chi connectivity index (χ2n) is 6.96. The van der Waals surface area contributed by atoms with Crippen molar-refractivity contribution >= 4 is 11.8 Å². The molecule has 0 saturated heterocycles. The maximum atomic E-state index is 6.02. The fourth-order valence-electron chi connectivity index (χ4n) is 2.95. The lowest BCUT2D eigenvalue weighted by atomic mass is 10.1. The Bertz CT molecular complexity index is 931. The van der Waals surface area contributed by atoms with Gasteiger partial charge in [0, 0.05) is 19.3 Å². The Morgan fingerprint density at radius 3 is 2.73 bits per heavy atom. The third-order valence-electron chi connectivity index (χ3n) is 4.42. The molecule has 160 valence electrons. The Balaban J connectivity index is 1.46. The van der Waals surface area contributed by atoms with Gasteiger partial charge in [-0.25, -0.2) is 4.68 Å². The van der Waals surface area contributed by atoms with Crippen LogP contribution in [0.25, 0.3) is 0 Å². The molecule has 0 bridgehead atoms. The van der Waals surface area contributed by atoms with Gasteiger partial charge in [0.25, 0.3) is 0 Å². The van der Waals surface area contributed by atoms with Crippen molar-refractivity contribution in [2.75, 3.05) is 18.9 Å². The van der Waals surface area contributed by atoms with E-state index in [0.717, 1.165) is 47.5 Å². The van der Waals surface area contributed by atoms with Crippen LogP contribution in [-0.4, -0.2) is 39.1 Å². The first-order valence-corrected chi connectivity index (χ1v) is 11.1. The first kappa shape index (κ1) is 22.1. The van der Waals surface area contributed by atoms with Gasteiger partial charge in [-0.3, -0.25) is 0 Å². The van der Waals surface area contributed by atoms with E-state index in [2.05, 4.69) is 64.2 Å². The van der Waals surface area contributed by atoms with Gasteiger partial charge in [-0.05, 0) is 60.5 Å². The highest BCUT2D eigenvalue weighted by Crippen LogP contribution is 2.29. The number of nitrogens with one attached hydrogen (secondary N) is 1. The van der Waals surface area contributed by atoms with Crippen molar-refractivity contribution in [2.24, 2.45) is 7.05 Å². The van der Waals surface area contributed by atoms with Gasteiger partial charge in [0.15, 0.2) is 11.5 Å². The first-order valence-electron chi connectivity index (χ1n) is 10.2. The predicted octanol–water partition coefficient (Wildman–Crippen LogP) is 3.77. The Hall–Kier alpha value is -2.58. The van der Waals surface area contributed by atoms with Crippen LogP contribution in [-0.2, 0) is 20.2 Å². The number of benzene rings is 2. The minimum atomic E-state index is 0.526. The Kier molecular flexibility index (Phi) is 8.53. The third-order valence-corrected chi connectivity index (χ3v) is 5.52. The Morgan fingerprint density at radius 1 is 1.07 bits per heavy atom. The molecule has 0 aliphatic carbocycles. The average molecular weight is 428 g/mol. The summed E-state index contributed by atoms with van der Waals surface area (Å²) >= 11 is 1.67. The van der Waals surface area contributed by atoms with Gasteiger partial charge in [0.05, 0.1) is 6.61 Å². The largest absolute Gasteiger partial charge is 0.490 e. The van der Waals surface area contributed by atoms with E-state index in [1.54, 1.807) is 16.4 Å². The molecule has 0 aliphatic heterocycles. The van der Waals surface area contributed by atoms with Gasteiger partial charge in [0.1, 0.15) is 6.61 Å². The zero-order valence-corrected chi connectivity index (χ0v) is 18.6. The van der Waals surface area contributed by atoms with Crippen LogP contribution in [0.1, 0.15) is 30.0 Å². The van der Waals surface area contributed by atoms with Gasteiger partial charge >= 0.3 is 0 Å². The van der Waals surface area contributed by atoms with Gasteiger partial charge in [-0.1, -0.05) is 47.7 Å². The topological polar surface area (TPSA) is 74.1 Å². The number of tetrazole rings is 1. The molecular weight excluding hydrogens is 398 g/mol. The summed E-state index contributed by atoms with van der Waals surface area (Å²) in [5.74, 6) is 2.53. The highest BCUT2D eigenvalue weighted by molar-refractivity contribution is 7.99. The lowest BCUT2D eigenvalue weighted by Crippen LogP contribution is -2.15. The van der Waals surface area contributed by atoms with E-state index < -0.39 is 0 Å². The Labute approximate surface area is 182 Å². The number of aromatic nitrogens is 4. The first-order chi connectivity index (χ1) is 14.7. The van der Waals surface area contributed by atoms with E-state index in [0.29, 0.717) is 13.2 Å². The molecule has 30 heavy (non-hydrogen) atoms. The van der Waals surface area contributed by atoms with Crippen molar-refractivity contribution in [3.05, 3.63) is 59.2 Å². The highest BCUT2D eigenvalue weighted by atomic mass is 32.2. The highest BCUT2D eigenvalue weighted by Gasteiger charge is 2.08. The number of aryl methyl sites for hydroxylation is 2. The standard InChI is InChI=1S/C22H29N5O2S/c1-4-28-21-14-18(15-23-11-6-12-30-22-24-25-26-27(22)3)9-10-20(21)29-16-19-8-5-7-17(2)13-19/h5,7-10,13-14,23H,4,6,11-12,15-16H2,1-3H3. The fourth-order valence-corrected chi connectivity index (χ4v) is 3.74. The molecule has 3 rings (SSSR count). The molecular formula is C22H29N5O2S. The molecule has 0 radical (unpaired) electrons. The van der Waals surface area contributed by atoms with Gasteiger partial charge < -0.3 is 14.8 Å². The van der Waals surface area contributed by atoms with E-state index in [4.69, 9.17) is 9.47 Å². The third kappa shape index (κ3) is 6.74. The van der Waals surface area contributed by atoms with E-state index in [1.807, 2.05) is 20.0 Å². The SMILES string of the molecule is CCOc1cc(CNCCCSc2nnnn2C)ccc1OCc1cccc(C)c1. The zero-order valence-electron chi connectivity index (χ0n) is 17.8. The lowest BCUT2D eigenvalue weighted by Gasteiger charge is -2.14. The molecule has 0 spiro atoms. The maximum Gasteiger partial charge on any atom is 0.209 e. The van der Waals surface area contributed by atoms with Crippen LogP contribution in [0.4, 0.5) is 0 Å². The monoisotopic (exact) mass is 427 g/mol. The number of thioether (sulfide) groups is 1. The van der Waals surface area contributed by atoms with Gasteiger partial charge in [-0.2, -0.15) is 0 Å². The smallest absolute Gasteiger partial charge is 0.209 e. The molecule has 0 saturated carbocycles. The quantitative estimate of drug-likeness (QED) is 0.348. The molecule has 0 fully saturated rings. The van der Waals surface area contributed by atoms with E-state index in [1.165, 1.54) is 11.1 Å². The molecule has 1 heterocycles. The second kappa shape index (κ2) is 11.6. The lowest BCUT2D eigenvalue weighted by molar-refractivity contribution is 0.269. The molecule has 2 aromatic carbocycles. The van der Waals surface area contributed by atoms with E-state index in [9.17, 15) is 0 Å². The summed E-state index contributed by atoms with van der Waals surface area (Å²) in [5, 5.41) is 15.8. The van der Waals surface area contributed by atoms with Crippen LogP contribution in [0.15, 0.2) is 47.6 Å². The fraction of sp³-hybridized carbons (Fsp3) is 0.409. The minimum Gasteiger partial charge on any atom is -0.490 e. The Morgan fingerprint density at radius 2 is 1.97 bits per heavy atom. The molecule has 0 unspecified atom stereocenters. The predicted molar refractivity (Wildman–Crippen MR) is 119 cm³/mol. The molecule has 7 nitrogen and oxygen atoms in total. The molecule has 0 amide bonds. The average Bonchev–Trinajstić information content (AvgIpc) is 3.15. The summed E-state index contributed by atoms with van der Waals surface area (Å²) in [6, 6.07) is 14.5. The van der Waals surface area contributed by atoms with Crippen LogP contribution in [0.3, 0.4) is 0 Å². The summed E-state index contributed by atoms with van der Waals surface area (Å²) in [4.78, 5) is 0. The van der Waals surface area contributed by atoms with Crippen molar-refractivity contribution in [1.82, 2.24) is 25.5 Å². The number of ether oxygens (including phenoxy) is 2. The minimum absolute atomic E-state index is 0.526. The van der Waals surface area contributed by atoms with Crippen LogP contribution >= 0.6 is 11.8 Å². The van der Waals surface area contributed by atoms with Crippen LogP contribution in [0, 0.1) is 6.92 Å². The van der Waals surface area contributed by atoms with Crippen molar-refractivity contribution in [1.29, 1.82) is 0 Å². The van der Waals surface area contributed by atoms with Crippen molar-refractivity contribution in [3.8, 4) is 11.5 Å². The van der Waals surface area contributed by atoms with Gasteiger partial charge in [-0.15, -0.1) is 5.10 Å². The summed E-state index contributed by atoms with van der Waals surface area (Å²) in [5.41, 5.74) is 3.55. The summed E-state index contributed by atoms with van der Waals surface area (Å²) in [6.45, 7) is 6.91. The molecule has 1 N–H and O–H groups in total. The van der Waals surface area contributed by atoms with Crippen molar-refractivity contribution in [3.63, 3.8) is 0 Å². The molecule has 0 atom stereocenters. The number of hydrogen-bond donors (Lipinski definition) is 1. The molecule has 8 heteroatoms. The van der Waals surface area contributed by atoms with E-state index in [-0.39, 0.29) is 0 Å². The van der Waals surface area contributed by atoms with E-state index >= 15 is 0 Å². The molecule has 3 aromatic rings. The molecule has 0 aliphatic rings. The summed E-state index contributed by atoms with van der Waals surface area (Å²) in [6.07, 6.45) is 1.04. The van der Waals surface area contributed by atoms with Gasteiger partial charge in [0.2, 0.25) is 5.16 Å². The maximum absolute atomic E-state index is 6.02. The number of hydrogen-bond acceptors (Lipinski definition) is 7. The number of nitrogens with zero attached hydrogens (tertiary/aromatic N) is 4. The van der Waals surface area contributed by atoms with Crippen LogP contribution in [0.5, 0.6) is 11.5 Å². The zero-order chi connectivity index (χ0) is 21.2. The summed E-state index contributed by atoms with van der Waals surface area (Å²) in [7, 11) is 1.85. The second-order valence-corrected chi connectivity index (χ2v) is 8.02. The van der Waals surface area contributed by atoms with Crippen molar-refractivity contribution in [2.45, 2.75) is 38.6 Å². The number of rotatable bonds is 12. The van der Waals surface area contributed by atoms with Crippen molar-refractivity contribution < 1.29 is 9.47 Å².